The monoisotopic (exact) mass is 416 g/mol. The van der Waals surface area contributed by atoms with Gasteiger partial charge in [0, 0.05) is 11.4 Å². The molecule has 1 aliphatic heterocycles. The van der Waals surface area contributed by atoms with E-state index < -0.39 is 0 Å². The Hall–Kier alpha value is -1.15. The van der Waals surface area contributed by atoms with Crippen LogP contribution in [-0.4, -0.2) is 67.9 Å². The average Bonchev–Trinajstić information content (AvgIpc) is 3.17. The van der Waals surface area contributed by atoms with Crippen LogP contribution in [0.15, 0.2) is 17.5 Å². The van der Waals surface area contributed by atoms with Gasteiger partial charge in [-0.15, -0.1) is 23.7 Å². The van der Waals surface area contributed by atoms with E-state index in [0.29, 0.717) is 19.6 Å². The summed E-state index contributed by atoms with van der Waals surface area (Å²) in [4.78, 5) is 29.7. The highest BCUT2D eigenvalue weighted by molar-refractivity contribution is 7.09. The summed E-state index contributed by atoms with van der Waals surface area (Å²) >= 11 is 1.62. The molecule has 2 heterocycles. The minimum absolute atomic E-state index is 0. The molecule has 6 nitrogen and oxygen atoms in total. The normalized spacial score (nSPS) is 15.2. The second kappa shape index (κ2) is 13.1. The maximum absolute atomic E-state index is 12.6. The van der Waals surface area contributed by atoms with Crippen LogP contribution in [-0.2, 0) is 16.1 Å². The molecule has 2 amide bonds. The molecule has 0 bridgehead atoms. The van der Waals surface area contributed by atoms with Gasteiger partial charge < -0.3 is 15.5 Å². The zero-order valence-electron chi connectivity index (χ0n) is 16.4. The van der Waals surface area contributed by atoms with Crippen molar-refractivity contribution in [2.45, 2.75) is 32.7 Å². The Bertz CT molecular complexity index is 548. The number of piperidine rings is 1. The van der Waals surface area contributed by atoms with Crippen molar-refractivity contribution in [3.8, 4) is 0 Å². The van der Waals surface area contributed by atoms with Crippen molar-refractivity contribution in [3.05, 3.63) is 22.4 Å². The smallest absolute Gasteiger partial charge is 0.239 e. The van der Waals surface area contributed by atoms with E-state index >= 15 is 0 Å². The van der Waals surface area contributed by atoms with E-state index in [4.69, 9.17) is 0 Å². The fraction of sp³-hybridized carbons (Fsp3) is 0.684. The number of carbonyl (C=O) groups is 2. The number of amides is 2. The Kier molecular flexibility index (Phi) is 11.6. The molecule has 0 unspecified atom stereocenters. The van der Waals surface area contributed by atoms with E-state index in [0.717, 1.165) is 43.3 Å². The van der Waals surface area contributed by atoms with Gasteiger partial charge in [-0.1, -0.05) is 6.07 Å². The van der Waals surface area contributed by atoms with Crippen LogP contribution in [0, 0.1) is 5.92 Å². The Morgan fingerprint density at radius 1 is 1.33 bits per heavy atom. The van der Waals surface area contributed by atoms with Crippen molar-refractivity contribution in [1.82, 2.24) is 20.4 Å². The Balaban J connectivity index is 0.00000364. The van der Waals surface area contributed by atoms with Crippen molar-refractivity contribution in [3.63, 3.8) is 0 Å². The SMILES string of the molecule is CCN(CC(=O)NCc1cccs1)C(=O)CN1CCC(CCNC)CC1.Cl. The molecule has 1 fully saturated rings. The van der Waals surface area contributed by atoms with Gasteiger partial charge in [0.15, 0.2) is 0 Å². The molecule has 2 N–H and O–H groups in total. The van der Waals surface area contributed by atoms with Gasteiger partial charge in [0.1, 0.15) is 0 Å². The lowest BCUT2D eigenvalue weighted by Gasteiger charge is -2.33. The first-order chi connectivity index (χ1) is 12.6. The first kappa shape index (κ1) is 23.9. The van der Waals surface area contributed by atoms with Crippen LogP contribution in [0.1, 0.15) is 31.1 Å². The maximum atomic E-state index is 12.6. The number of carbonyl (C=O) groups excluding carboxylic acids is 2. The highest BCUT2D eigenvalue weighted by Gasteiger charge is 2.23. The summed E-state index contributed by atoms with van der Waals surface area (Å²) in [5.74, 6) is 0.714. The van der Waals surface area contributed by atoms with Crippen LogP contribution in [0.3, 0.4) is 0 Å². The van der Waals surface area contributed by atoms with Crippen molar-refractivity contribution in [1.29, 1.82) is 0 Å². The van der Waals surface area contributed by atoms with Gasteiger partial charge in [-0.2, -0.15) is 0 Å². The third kappa shape index (κ3) is 8.60. The van der Waals surface area contributed by atoms with Crippen LogP contribution in [0.2, 0.25) is 0 Å². The first-order valence-corrected chi connectivity index (χ1v) is 10.4. The number of hydrogen-bond acceptors (Lipinski definition) is 5. The van der Waals surface area contributed by atoms with Gasteiger partial charge in [0.2, 0.25) is 11.8 Å². The standard InChI is InChI=1S/C19H32N4O2S.ClH/c1-3-23(14-18(24)21-13-17-5-4-12-26-17)19(25)15-22-10-7-16(8-11-22)6-9-20-2;/h4-5,12,16,20H,3,6-11,13-15H2,1-2H3,(H,21,24);1H. The van der Waals surface area contributed by atoms with Gasteiger partial charge in [0.25, 0.3) is 0 Å². The number of likely N-dealkylation sites (N-methyl/N-ethyl adjacent to an activating group) is 1. The molecule has 0 aliphatic carbocycles. The highest BCUT2D eigenvalue weighted by Crippen LogP contribution is 2.19. The molecule has 1 saturated heterocycles. The topological polar surface area (TPSA) is 64.7 Å². The lowest BCUT2D eigenvalue weighted by molar-refractivity contribution is -0.137. The zero-order chi connectivity index (χ0) is 18.8. The number of nitrogens with zero attached hydrogens (tertiary/aromatic N) is 2. The predicted octanol–water partition coefficient (Wildman–Crippen LogP) is 1.96. The Labute approximate surface area is 173 Å². The number of likely N-dealkylation sites (tertiary alicyclic amines) is 1. The molecule has 0 aromatic carbocycles. The van der Waals surface area contributed by atoms with Crippen molar-refractivity contribution in [2.24, 2.45) is 5.92 Å². The predicted molar refractivity (Wildman–Crippen MR) is 113 cm³/mol. The van der Waals surface area contributed by atoms with Crippen LogP contribution in [0.4, 0.5) is 0 Å². The molecule has 0 radical (unpaired) electrons. The average molecular weight is 417 g/mol. The van der Waals surface area contributed by atoms with Gasteiger partial charge in [-0.25, -0.2) is 0 Å². The molecule has 0 saturated carbocycles. The van der Waals surface area contributed by atoms with Gasteiger partial charge in [-0.05, 0) is 70.2 Å². The third-order valence-corrected chi connectivity index (χ3v) is 5.85. The number of thiophene rings is 1. The van der Waals surface area contributed by atoms with E-state index in [1.165, 1.54) is 6.42 Å². The molecule has 0 spiro atoms. The van der Waals surface area contributed by atoms with E-state index in [1.54, 1.807) is 16.2 Å². The minimum Gasteiger partial charge on any atom is -0.350 e. The summed E-state index contributed by atoms with van der Waals surface area (Å²) in [5, 5.41) is 8.09. The van der Waals surface area contributed by atoms with Crippen LogP contribution >= 0.6 is 23.7 Å². The summed E-state index contributed by atoms with van der Waals surface area (Å²) in [6.07, 6.45) is 3.52. The number of nitrogens with one attached hydrogen (secondary N) is 2. The summed E-state index contributed by atoms with van der Waals surface area (Å²) in [6.45, 7) is 6.59. The van der Waals surface area contributed by atoms with Crippen molar-refractivity contribution >= 4 is 35.6 Å². The number of rotatable bonds is 10. The summed E-state index contributed by atoms with van der Waals surface area (Å²) in [6, 6.07) is 3.96. The highest BCUT2D eigenvalue weighted by atomic mass is 35.5. The fourth-order valence-electron chi connectivity index (χ4n) is 3.28. The summed E-state index contributed by atoms with van der Waals surface area (Å²) in [5.41, 5.74) is 0. The molecule has 1 aromatic rings. The lowest BCUT2D eigenvalue weighted by atomic mass is 9.93. The maximum Gasteiger partial charge on any atom is 0.239 e. The number of halogens is 1. The van der Waals surface area contributed by atoms with E-state index in [-0.39, 0.29) is 30.8 Å². The van der Waals surface area contributed by atoms with Gasteiger partial charge >= 0.3 is 0 Å². The summed E-state index contributed by atoms with van der Waals surface area (Å²) < 4.78 is 0. The Morgan fingerprint density at radius 2 is 2.07 bits per heavy atom. The molecule has 0 atom stereocenters. The van der Waals surface area contributed by atoms with Crippen LogP contribution < -0.4 is 10.6 Å². The molecular formula is C19H33ClN4O2S. The van der Waals surface area contributed by atoms with E-state index in [9.17, 15) is 9.59 Å². The number of hydrogen-bond donors (Lipinski definition) is 2. The van der Waals surface area contributed by atoms with Crippen LogP contribution in [0.25, 0.3) is 0 Å². The van der Waals surface area contributed by atoms with Gasteiger partial charge in [-0.3, -0.25) is 14.5 Å². The first-order valence-electron chi connectivity index (χ1n) is 9.56. The third-order valence-electron chi connectivity index (χ3n) is 4.98. The van der Waals surface area contributed by atoms with Crippen molar-refractivity contribution < 1.29 is 9.59 Å². The molecule has 27 heavy (non-hydrogen) atoms. The minimum atomic E-state index is -0.0978. The molecule has 2 rings (SSSR count). The zero-order valence-corrected chi connectivity index (χ0v) is 18.0. The largest absolute Gasteiger partial charge is 0.350 e. The molecule has 1 aromatic heterocycles. The van der Waals surface area contributed by atoms with Crippen LogP contribution in [0.5, 0.6) is 0 Å². The van der Waals surface area contributed by atoms with E-state index in [1.807, 2.05) is 31.5 Å². The molecule has 8 heteroatoms. The van der Waals surface area contributed by atoms with Crippen molar-refractivity contribution in [2.75, 3.05) is 46.3 Å². The fourth-order valence-corrected chi connectivity index (χ4v) is 3.92. The second-order valence-corrected chi connectivity index (χ2v) is 7.91. The quantitative estimate of drug-likeness (QED) is 0.612. The lowest BCUT2D eigenvalue weighted by Crippen LogP contribution is -2.46. The molecule has 154 valence electrons. The Morgan fingerprint density at radius 3 is 2.67 bits per heavy atom. The van der Waals surface area contributed by atoms with Gasteiger partial charge in [0.05, 0.1) is 19.6 Å². The summed E-state index contributed by atoms with van der Waals surface area (Å²) in [7, 11) is 1.99. The second-order valence-electron chi connectivity index (χ2n) is 6.88. The molecular weight excluding hydrogens is 384 g/mol. The van der Waals surface area contributed by atoms with E-state index in [2.05, 4.69) is 15.5 Å². The molecule has 1 aliphatic rings.